The highest BCUT2D eigenvalue weighted by atomic mass is 19.3. The minimum atomic E-state index is -2.93. The van der Waals surface area contributed by atoms with Crippen molar-refractivity contribution >= 4 is 34.4 Å². The van der Waals surface area contributed by atoms with E-state index in [2.05, 4.69) is 20.3 Å². The Kier molecular flexibility index (Phi) is 6.36. The summed E-state index contributed by atoms with van der Waals surface area (Å²) in [5, 5.41) is 3.57. The molecule has 1 unspecified atom stereocenters. The summed E-state index contributed by atoms with van der Waals surface area (Å²) in [4.78, 5) is 40.7. The van der Waals surface area contributed by atoms with E-state index in [0.717, 1.165) is 6.07 Å². The number of benzene rings is 1. The van der Waals surface area contributed by atoms with Gasteiger partial charge in [-0.05, 0) is 26.3 Å². The first-order valence-corrected chi connectivity index (χ1v) is 10.7. The number of aromatic nitrogens is 3. The molecule has 0 spiro atoms. The molecule has 2 aromatic heterocycles. The van der Waals surface area contributed by atoms with E-state index in [1.165, 1.54) is 28.1 Å². The van der Waals surface area contributed by atoms with E-state index in [4.69, 9.17) is 0 Å². The Labute approximate surface area is 193 Å². The Morgan fingerprint density at radius 1 is 1.09 bits per heavy atom. The first-order chi connectivity index (χ1) is 16.2. The van der Waals surface area contributed by atoms with Crippen LogP contribution in [-0.2, 0) is 9.59 Å². The van der Waals surface area contributed by atoms with Crippen molar-refractivity contribution in [1.82, 2.24) is 19.9 Å². The fraction of sp³-hybridized carbons (Fsp3) is 0.348. The molecule has 0 radical (unpaired) electrons. The Morgan fingerprint density at radius 3 is 2.56 bits per heavy atom. The fourth-order valence-electron chi connectivity index (χ4n) is 3.92. The average Bonchev–Trinajstić information content (AvgIpc) is 2.92. The van der Waals surface area contributed by atoms with E-state index in [-0.39, 0.29) is 11.4 Å². The summed E-state index contributed by atoms with van der Waals surface area (Å²) in [6.07, 6.45) is -0.879. The minimum Gasteiger partial charge on any atom is -0.363 e. The monoisotopic (exact) mass is 472 g/mol. The van der Waals surface area contributed by atoms with E-state index in [1.54, 1.807) is 27.0 Å². The lowest BCUT2D eigenvalue weighted by molar-refractivity contribution is -0.142. The normalized spacial score (nSPS) is 15.7. The second-order valence-electron chi connectivity index (χ2n) is 8.13. The SMILES string of the molecule is Cc1nc(NC(C)c2cccc(C(F)F)c2F)c2cc(N3CCCN(C)C(=O)C3=O)ncc2n1. The zero-order chi connectivity index (χ0) is 24.6. The van der Waals surface area contributed by atoms with Crippen molar-refractivity contribution in [3.8, 4) is 0 Å². The average molecular weight is 472 g/mol. The standard InChI is InChI=1S/C23H23F3N6O2/c1-12(14-6-4-7-15(19(14)24)20(25)26)28-21-16-10-18(27-11-17(16)29-13(2)30-21)32-9-5-8-31(3)22(33)23(32)34/h4,6-7,10-12,20H,5,8-9H2,1-3H3,(H,28,29,30). The maximum absolute atomic E-state index is 14.7. The number of pyridine rings is 1. The number of hydrogen-bond acceptors (Lipinski definition) is 6. The Morgan fingerprint density at radius 2 is 1.82 bits per heavy atom. The van der Waals surface area contributed by atoms with Crippen LogP contribution in [0.5, 0.6) is 0 Å². The number of nitrogens with zero attached hydrogens (tertiary/aromatic N) is 5. The lowest BCUT2D eigenvalue weighted by atomic mass is 10.0. The summed E-state index contributed by atoms with van der Waals surface area (Å²) in [6.45, 7) is 4.06. The number of likely N-dealkylation sites (N-methyl/N-ethyl adjacent to an activating group) is 1. The predicted octanol–water partition coefficient (Wildman–Crippen LogP) is 3.78. The van der Waals surface area contributed by atoms with Crippen LogP contribution in [-0.4, -0.2) is 51.8 Å². The largest absolute Gasteiger partial charge is 0.363 e. The first-order valence-electron chi connectivity index (χ1n) is 10.7. The molecular formula is C23H23F3N6O2. The molecule has 1 saturated heterocycles. The van der Waals surface area contributed by atoms with Gasteiger partial charge in [-0.15, -0.1) is 0 Å². The van der Waals surface area contributed by atoms with Crippen LogP contribution in [0.1, 0.15) is 42.8 Å². The molecule has 4 rings (SSSR count). The summed E-state index contributed by atoms with van der Waals surface area (Å²) in [5.41, 5.74) is -0.137. The number of fused-ring (bicyclic) bond motifs is 1. The molecule has 3 aromatic rings. The number of nitrogens with one attached hydrogen (secondary N) is 1. The molecule has 1 aromatic carbocycles. The molecule has 1 N–H and O–H groups in total. The van der Waals surface area contributed by atoms with Gasteiger partial charge in [0, 0.05) is 31.1 Å². The number of rotatable bonds is 5. The number of carbonyl (C=O) groups is 2. The molecule has 2 amide bonds. The van der Waals surface area contributed by atoms with Crippen LogP contribution in [0.3, 0.4) is 0 Å². The van der Waals surface area contributed by atoms with Gasteiger partial charge < -0.3 is 10.2 Å². The molecule has 1 aliphatic heterocycles. The van der Waals surface area contributed by atoms with Gasteiger partial charge in [0.25, 0.3) is 6.43 Å². The lowest BCUT2D eigenvalue weighted by Gasteiger charge is -2.21. The van der Waals surface area contributed by atoms with Crippen molar-refractivity contribution < 1.29 is 22.8 Å². The summed E-state index contributed by atoms with van der Waals surface area (Å²) in [5.74, 6) is -1.29. The Bertz CT molecular complexity index is 1270. The van der Waals surface area contributed by atoms with Crippen LogP contribution in [0.15, 0.2) is 30.5 Å². The Balaban J connectivity index is 1.73. The zero-order valence-corrected chi connectivity index (χ0v) is 18.8. The van der Waals surface area contributed by atoms with E-state index in [1.807, 2.05) is 0 Å². The molecule has 0 saturated carbocycles. The van der Waals surface area contributed by atoms with E-state index in [9.17, 15) is 22.8 Å². The third-order valence-corrected chi connectivity index (χ3v) is 5.72. The quantitative estimate of drug-likeness (QED) is 0.569. The highest BCUT2D eigenvalue weighted by molar-refractivity contribution is 6.40. The summed E-state index contributed by atoms with van der Waals surface area (Å²) >= 11 is 0. The molecule has 1 aliphatic rings. The second-order valence-corrected chi connectivity index (χ2v) is 8.13. The molecule has 3 heterocycles. The van der Waals surface area contributed by atoms with Gasteiger partial charge in [-0.25, -0.2) is 28.1 Å². The Hall–Kier alpha value is -3.76. The van der Waals surface area contributed by atoms with Crippen molar-refractivity contribution in [2.45, 2.75) is 32.7 Å². The van der Waals surface area contributed by atoms with Crippen molar-refractivity contribution in [1.29, 1.82) is 0 Å². The van der Waals surface area contributed by atoms with Crippen LogP contribution in [0.4, 0.5) is 24.8 Å². The molecule has 34 heavy (non-hydrogen) atoms. The van der Waals surface area contributed by atoms with Crippen molar-refractivity contribution in [2.24, 2.45) is 0 Å². The highest BCUT2D eigenvalue weighted by Gasteiger charge is 2.30. The van der Waals surface area contributed by atoms with Crippen LogP contribution >= 0.6 is 0 Å². The van der Waals surface area contributed by atoms with Crippen molar-refractivity contribution in [3.05, 3.63) is 53.2 Å². The van der Waals surface area contributed by atoms with E-state index >= 15 is 0 Å². The van der Waals surface area contributed by atoms with Crippen LogP contribution in [0, 0.1) is 12.7 Å². The third kappa shape index (κ3) is 4.37. The fourth-order valence-corrected chi connectivity index (χ4v) is 3.92. The van der Waals surface area contributed by atoms with E-state index < -0.39 is 35.7 Å². The van der Waals surface area contributed by atoms with Gasteiger partial charge >= 0.3 is 11.8 Å². The lowest BCUT2D eigenvalue weighted by Crippen LogP contribution is -2.40. The van der Waals surface area contributed by atoms with Gasteiger partial charge in [-0.3, -0.25) is 14.5 Å². The summed E-state index contributed by atoms with van der Waals surface area (Å²) in [6, 6.07) is 4.74. The van der Waals surface area contributed by atoms with E-state index in [0.29, 0.717) is 42.1 Å². The number of anilines is 2. The van der Waals surface area contributed by atoms with Gasteiger partial charge in [-0.2, -0.15) is 0 Å². The third-order valence-electron chi connectivity index (χ3n) is 5.72. The van der Waals surface area contributed by atoms with Crippen LogP contribution in [0.25, 0.3) is 10.9 Å². The van der Waals surface area contributed by atoms with Crippen LogP contribution < -0.4 is 10.2 Å². The molecule has 0 aliphatic carbocycles. The maximum Gasteiger partial charge on any atom is 0.317 e. The predicted molar refractivity (Wildman–Crippen MR) is 120 cm³/mol. The first kappa shape index (κ1) is 23.4. The van der Waals surface area contributed by atoms with Gasteiger partial charge in [0.2, 0.25) is 0 Å². The maximum atomic E-state index is 14.7. The molecule has 178 valence electrons. The molecule has 0 bridgehead atoms. The molecular weight excluding hydrogens is 449 g/mol. The van der Waals surface area contributed by atoms with Gasteiger partial charge in [0.05, 0.1) is 23.3 Å². The van der Waals surface area contributed by atoms with Crippen LogP contribution in [0.2, 0.25) is 0 Å². The number of alkyl halides is 2. The topological polar surface area (TPSA) is 91.3 Å². The number of amides is 2. The minimum absolute atomic E-state index is 0.0628. The number of aryl methyl sites for hydroxylation is 1. The summed E-state index contributed by atoms with van der Waals surface area (Å²) < 4.78 is 41.0. The molecule has 8 nitrogen and oxygen atoms in total. The number of halogens is 3. The number of carbonyl (C=O) groups excluding carboxylic acids is 2. The van der Waals surface area contributed by atoms with Gasteiger partial charge in [0.15, 0.2) is 0 Å². The highest BCUT2D eigenvalue weighted by Crippen LogP contribution is 2.31. The smallest absolute Gasteiger partial charge is 0.317 e. The zero-order valence-electron chi connectivity index (χ0n) is 18.8. The molecule has 1 atom stereocenters. The molecule has 11 heteroatoms. The summed E-state index contributed by atoms with van der Waals surface area (Å²) in [7, 11) is 1.57. The van der Waals surface area contributed by atoms with Gasteiger partial charge in [0.1, 0.15) is 23.3 Å². The second kappa shape index (κ2) is 9.24. The number of hydrogen-bond donors (Lipinski definition) is 1. The van der Waals surface area contributed by atoms with Crippen molar-refractivity contribution in [2.75, 3.05) is 30.4 Å². The van der Waals surface area contributed by atoms with Crippen molar-refractivity contribution in [3.63, 3.8) is 0 Å². The van der Waals surface area contributed by atoms with Gasteiger partial charge in [-0.1, -0.05) is 18.2 Å². The molecule has 1 fully saturated rings.